The minimum absolute atomic E-state index is 0.135. The zero-order valence-electron chi connectivity index (χ0n) is 13.2. The number of nitriles is 1. The summed E-state index contributed by atoms with van der Waals surface area (Å²) in [7, 11) is 0. The summed E-state index contributed by atoms with van der Waals surface area (Å²) in [5.74, 6) is -0.135. The van der Waals surface area contributed by atoms with Crippen molar-refractivity contribution in [3.63, 3.8) is 0 Å². The lowest BCUT2D eigenvalue weighted by Crippen LogP contribution is -2.26. The molecule has 1 N–H and O–H groups in total. The molecule has 0 spiro atoms. The van der Waals surface area contributed by atoms with Gasteiger partial charge in [-0.2, -0.15) is 5.26 Å². The summed E-state index contributed by atoms with van der Waals surface area (Å²) < 4.78 is 1.88. The van der Waals surface area contributed by atoms with Gasteiger partial charge in [0.2, 0.25) is 0 Å². The summed E-state index contributed by atoms with van der Waals surface area (Å²) in [5.41, 5.74) is 3.10. The number of rotatable bonds is 4. The highest BCUT2D eigenvalue weighted by Gasteiger charge is 2.11. The molecule has 0 saturated carbocycles. The second-order valence-corrected chi connectivity index (χ2v) is 5.45. The quantitative estimate of drug-likeness (QED) is 0.803. The standard InChI is InChI=1S/C19H16N4O/c1-14(16-4-2-15(12-20)3-5-16)22-19(24)17-6-8-18(9-7-17)23-11-10-21-13-23/h2-11,13-14H,1H3,(H,22,24). The van der Waals surface area contributed by atoms with Crippen LogP contribution in [0.15, 0.2) is 67.3 Å². The van der Waals surface area contributed by atoms with Gasteiger partial charge in [0.1, 0.15) is 0 Å². The van der Waals surface area contributed by atoms with Gasteiger partial charge in [-0.05, 0) is 48.9 Å². The summed E-state index contributed by atoms with van der Waals surface area (Å²) in [6, 6.07) is 16.5. The van der Waals surface area contributed by atoms with E-state index in [4.69, 9.17) is 5.26 Å². The van der Waals surface area contributed by atoms with Crippen LogP contribution in [-0.4, -0.2) is 15.5 Å². The maximum atomic E-state index is 12.4. The van der Waals surface area contributed by atoms with Crippen LogP contribution in [0, 0.1) is 11.3 Å². The van der Waals surface area contributed by atoms with Gasteiger partial charge in [-0.3, -0.25) is 4.79 Å². The molecular weight excluding hydrogens is 300 g/mol. The van der Waals surface area contributed by atoms with Gasteiger partial charge in [0.15, 0.2) is 0 Å². The Balaban J connectivity index is 1.68. The van der Waals surface area contributed by atoms with Gasteiger partial charge in [-0.15, -0.1) is 0 Å². The molecule has 0 saturated heterocycles. The van der Waals surface area contributed by atoms with Crippen LogP contribution >= 0.6 is 0 Å². The first-order valence-electron chi connectivity index (χ1n) is 7.56. The Morgan fingerprint density at radius 1 is 1.17 bits per heavy atom. The second-order valence-electron chi connectivity index (χ2n) is 5.45. The van der Waals surface area contributed by atoms with Crippen LogP contribution in [0.25, 0.3) is 5.69 Å². The van der Waals surface area contributed by atoms with E-state index in [9.17, 15) is 4.79 Å². The number of hydrogen-bond acceptors (Lipinski definition) is 3. The van der Waals surface area contributed by atoms with Crippen molar-refractivity contribution >= 4 is 5.91 Å². The molecule has 1 amide bonds. The fourth-order valence-corrected chi connectivity index (χ4v) is 2.41. The highest BCUT2D eigenvalue weighted by molar-refractivity contribution is 5.94. The predicted molar refractivity (Wildman–Crippen MR) is 90.6 cm³/mol. The molecular formula is C19H16N4O. The number of benzene rings is 2. The lowest BCUT2D eigenvalue weighted by Gasteiger charge is -2.14. The maximum absolute atomic E-state index is 12.4. The molecule has 1 unspecified atom stereocenters. The first-order valence-corrected chi connectivity index (χ1v) is 7.56. The molecule has 3 rings (SSSR count). The molecule has 0 aliphatic carbocycles. The van der Waals surface area contributed by atoms with Crippen molar-refractivity contribution in [1.82, 2.24) is 14.9 Å². The van der Waals surface area contributed by atoms with Crippen LogP contribution in [0.1, 0.15) is 34.5 Å². The Kier molecular flexibility index (Phi) is 4.39. The largest absolute Gasteiger partial charge is 0.346 e. The number of hydrogen-bond donors (Lipinski definition) is 1. The van der Waals surface area contributed by atoms with E-state index in [2.05, 4.69) is 16.4 Å². The van der Waals surface area contributed by atoms with Crippen LogP contribution in [0.5, 0.6) is 0 Å². The van der Waals surface area contributed by atoms with Gasteiger partial charge >= 0.3 is 0 Å². The lowest BCUT2D eigenvalue weighted by atomic mass is 10.1. The molecule has 5 heteroatoms. The van der Waals surface area contributed by atoms with Crippen LogP contribution in [0.3, 0.4) is 0 Å². The molecule has 0 aliphatic rings. The van der Waals surface area contributed by atoms with Crippen LogP contribution in [-0.2, 0) is 0 Å². The van der Waals surface area contributed by atoms with Crippen LogP contribution < -0.4 is 5.32 Å². The normalized spacial score (nSPS) is 11.5. The van der Waals surface area contributed by atoms with Crippen LogP contribution in [0.2, 0.25) is 0 Å². The SMILES string of the molecule is CC(NC(=O)c1ccc(-n2ccnc2)cc1)c1ccc(C#N)cc1. The van der Waals surface area contributed by atoms with E-state index in [1.165, 1.54) is 0 Å². The summed E-state index contributed by atoms with van der Waals surface area (Å²) in [6.07, 6.45) is 5.27. The molecule has 3 aromatic rings. The van der Waals surface area contributed by atoms with Gasteiger partial charge in [0, 0.05) is 23.6 Å². The van der Waals surface area contributed by atoms with Crippen molar-refractivity contribution < 1.29 is 4.79 Å². The number of aromatic nitrogens is 2. The first kappa shape index (κ1) is 15.5. The monoisotopic (exact) mass is 316 g/mol. The van der Waals surface area contributed by atoms with Crippen molar-refractivity contribution in [2.24, 2.45) is 0 Å². The first-order chi connectivity index (χ1) is 11.7. The van der Waals surface area contributed by atoms with Crippen molar-refractivity contribution in [3.8, 4) is 11.8 Å². The van der Waals surface area contributed by atoms with E-state index < -0.39 is 0 Å². The topological polar surface area (TPSA) is 70.7 Å². The molecule has 1 atom stereocenters. The van der Waals surface area contributed by atoms with Gasteiger partial charge in [0.05, 0.1) is 24.0 Å². The minimum atomic E-state index is -0.140. The van der Waals surface area contributed by atoms with Crippen molar-refractivity contribution in [3.05, 3.63) is 83.9 Å². The van der Waals surface area contributed by atoms with Gasteiger partial charge in [0.25, 0.3) is 5.91 Å². The molecule has 0 fully saturated rings. The van der Waals surface area contributed by atoms with Crippen molar-refractivity contribution in [2.45, 2.75) is 13.0 Å². The van der Waals surface area contributed by atoms with E-state index >= 15 is 0 Å². The van der Waals surface area contributed by atoms with Crippen molar-refractivity contribution in [1.29, 1.82) is 5.26 Å². The molecule has 0 bridgehead atoms. The van der Waals surface area contributed by atoms with Gasteiger partial charge in [-0.1, -0.05) is 12.1 Å². The Labute approximate surface area is 140 Å². The Hall–Kier alpha value is -3.39. The summed E-state index contributed by atoms with van der Waals surface area (Å²) in [4.78, 5) is 16.4. The fourth-order valence-electron chi connectivity index (χ4n) is 2.41. The Bertz CT molecular complexity index is 859. The highest BCUT2D eigenvalue weighted by Crippen LogP contribution is 2.15. The summed E-state index contributed by atoms with van der Waals surface area (Å²) >= 11 is 0. The van der Waals surface area contributed by atoms with Gasteiger partial charge < -0.3 is 9.88 Å². The average molecular weight is 316 g/mol. The maximum Gasteiger partial charge on any atom is 0.251 e. The van der Waals surface area contributed by atoms with E-state index in [0.717, 1.165) is 11.3 Å². The van der Waals surface area contributed by atoms with Crippen LogP contribution in [0.4, 0.5) is 0 Å². The third-order valence-corrected chi connectivity index (χ3v) is 3.82. The third kappa shape index (κ3) is 3.33. The Morgan fingerprint density at radius 3 is 2.46 bits per heavy atom. The summed E-state index contributed by atoms with van der Waals surface area (Å²) in [5, 5.41) is 11.8. The van der Waals surface area contributed by atoms with Crippen molar-refractivity contribution in [2.75, 3.05) is 0 Å². The number of amides is 1. The zero-order chi connectivity index (χ0) is 16.9. The van der Waals surface area contributed by atoms with E-state index in [1.54, 1.807) is 36.8 Å². The number of imidazole rings is 1. The molecule has 118 valence electrons. The molecule has 5 nitrogen and oxygen atoms in total. The third-order valence-electron chi connectivity index (χ3n) is 3.82. The predicted octanol–water partition coefficient (Wildman–Crippen LogP) is 3.23. The van der Waals surface area contributed by atoms with Gasteiger partial charge in [-0.25, -0.2) is 4.98 Å². The number of carbonyl (C=O) groups excluding carboxylic acids is 1. The summed E-state index contributed by atoms with van der Waals surface area (Å²) in [6.45, 7) is 1.92. The highest BCUT2D eigenvalue weighted by atomic mass is 16.1. The number of carbonyl (C=O) groups is 1. The van der Waals surface area contributed by atoms with E-state index in [-0.39, 0.29) is 11.9 Å². The number of nitrogens with one attached hydrogen (secondary N) is 1. The second kappa shape index (κ2) is 6.80. The minimum Gasteiger partial charge on any atom is -0.346 e. The smallest absolute Gasteiger partial charge is 0.251 e. The fraction of sp³-hybridized carbons (Fsp3) is 0.105. The van der Waals surface area contributed by atoms with E-state index in [1.807, 2.05) is 42.0 Å². The molecule has 1 aromatic heterocycles. The zero-order valence-corrected chi connectivity index (χ0v) is 13.2. The molecule has 2 aromatic carbocycles. The molecule has 1 heterocycles. The lowest BCUT2D eigenvalue weighted by molar-refractivity contribution is 0.0940. The number of nitrogens with zero attached hydrogens (tertiary/aromatic N) is 3. The van der Waals surface area contributed by atoms with E-state index in [0.29, 0.717) is 11.1 Å². The Morgan fingerprint density at radius 2 is 1.88 bits per heavy atom. The molecule has 24 heavy (non-hydrogen) atoms. The average Bonchev–Trinajstić information content (AvgIpc) is 3.16. The molecule has 0 aliphatic heterocycles. The molecule has 0 radical (unpaired) electrons.